The van der Waals surface area contributed by atoms with Gasteiger partial charge < -0.3 is 5.11 Å². The van der Waals surface area contributed by atoms with E-state index < -0.39 is 11.5 Å². The molecule has 0 radical (unpaired) electrons. The minimum atomic E-state index is -0.720. The standard InChI is InChI=1S/C12H17N3O2S2/c16-10(17)12(14-8-3-4-8)5-1-2-9(6-12)19-11-15-13-7-18-11/h7-9,14H,1-6H2,(H,16,17). The van der Waals surface area contributed by atoms with Crippen LogP contribution in [0.25, 0.3) is 0 Å². The number of carboxylic acids is 1. The van der Waals surface area contributed by atoms with Crippen molar-refractivity contribution in [2.24, 2.45) is 0 Å². The lowest BCUT2D eigenvalue weighted by atomic mass is 9.81. The zero-order chi connectivity index (χ0) is 13.3. The van der Waals surface area contributed by atoms with Gasteiger partial charge in [-0.05, 0) is 38.5 Å². The molecule has 0 amide bonds. The van der Waals surface area contributed by atoms with Crippen molar-refractivity contribution in [3.05, 3.63) is 5.51 Å². The molecule has 2 atom stereocenters. The van der Waals surface area contributed by atoms with Gasteiger partial charge in [0, 0.05) is 11.3 Å². The number of nitrogens with zero attached hydrogens (tertiary/aromatic N) is 2. The third-order valence-corrected chi connectivity index (χ3v) is 5.86. The highest BCUT2D eigenvalue weighted by Gasteiger charge is 2.46. The number of hydrogen-bond acceptors (Lipinski definition) is 6. The van der Waals surface area contributed by atoms with Crippen LogP contribution in [0, 0.1) is 0 Å². The van der Waals surface area contributed by atoms with Gasteiger partial charge in [-0.1, -0.05) is 23.1 Å². The molecule has 0 aromatic carbocycles. The summed E-state index contributed by atoms with van der Waals surface area (Å²) in [5, 5.41) is 21.2. The van der Waals surface area contributed by atoms with E-state index in [1.165, 1.54) is 11.3 Å². The second kappa shape index (κ2) is 5.38. The molecule has 0 bridgehead atoms. The Labute approximate surface area is 120 Å². The van der Waals surface area contributed by atoms with Crippen LogP contribution in [0.4, 0.5) is 0 Å². The first-order chi connectivity index (χ1) is 9.18. The lowest BCUT2D eigenvalue weighted by Gasteiger charge is -2.38. The molecule has 2 N–H and O–H groups in total. The molecule has 0 spiro atoms. The predicted octanol–water partition coefficient (Wildman–Crippen LogP) is 2.15. The Balaban J connectivity index is 1.68. The number of nitrogens with one attached hydrogen (secondary N) is 1. The molecule has 7 heteroatoms. The fourth-order valence-electron chi connectivity index (χ4n) is 2.69. The first-order valence-electron chi connectivity index (χ1n) is 6.62. The summed E-state index contributed by atoms with van der Waals surface area (Å²) in [6, 6.07) is 0.418. The molecule has 1 heterocycles. The first-order valence-corrected chi connectivity index (χ1v) is 8.38. The zero-order valence-electron chi connectivity index (χ0n) is 10.5. The summed E-state index contributed by atoms with van der Waals surface area (Å²) in [4.78, 5) is 11.7. The van der Waals surface area contributed by atoms with Crippen molar-refractivity contribution >= 4 is 29.1 Å². The van der Waals surface area contributed by atoms with Gasteiger partial charge in [-0.2, -0.15) is 0 Å². The second-order valence-corrected chi connectivity index (χ2v) is 7.73. The summed E-state index contributed by atoms with van der Waals surface area (Å²) in [5.74, 6) is -0.693. The maximum Gasteiger partial charge on any atom is 0.323 e. The second-order valence-electron chi connectivity index (χ2n) is 5.35. The number of aliphatic carboxylic acids is 1. The van der Waals surface area contributed by atoms with Gasteiger partial charge in [0.2, 0.25) is 0 Å². The van der Waals surface area contributed by atoms with E-state index in [1.807, 2.05) is 0 Å². The predicted molar refractivity (Wildman–Crippen MR) is 74.5 cm³/mol. The van der Waals surface area contributed by atoms with Crippen LogP contribution in [0.1, 0.15) is 38.5 Å². The molecule has 2 aliphatic rings. The normalized spacial score (nSPS) is 31.3. The summed E-state index contributed by atoms with van der Waals surface area (Å²) in [6.07, 6.45) is 5.68. The molecule has 0 aliphatic heterocycles. The highest BCUT2D eigenvalue weighted by molar-refractivity contribution is 8.01. The van der Waals surface area contributed by atoms with E-state index in [4.69, 9.17) is 0 Å². The van der Waals surface area contributed by atoms with Gasteiger partial charge in [0.05, 0.1) is 0 Å². The molecule has 19 heavy (non-hydrogen) atoms. The SMILES string of the molecule is O=C(O)C1(NC2CC2)CCCC(Sc2nncs2)C1. The molecular weight excluding hydrogens is 282 g/mol. The van der Waals surface area contributed by atoms with Gasteiger partial charge in [0.15, 0.2) is 4.34 Å². The van der Waals surface area contributed by atoms with E-state index in [0.29, 0.717) is 17.7 Å². The third kappa shape index (κ3) is 3.09. The van der Waals surface area contributed by atoms with Crippen molar-refractivity contribution in [3.8, 4) is 0 Å². The molecular formula is C12H17N3O2S2. The van der Waals surface area contributed by atoms with Gasteiger partial charge in [0.1, 0.15) is 11.0 Å². The van der Waals surface area contributed by atoms with Gasteiger partial charge in [-0.25, -0.2) is 0 Å². The summed E-state index contributed by atoms with van der Waals surface area (Å²) in [7, 11) is 0. The number of carbonyl (C=O) groups is 1. The monoisotopic (exact) mass is 299 g/mol. The lowest BCUT2D eigenvalue weighted by Crippen LogP contribution is -2.56. The van der Waals surface area contributed by atoms with Crippen molar-refractivity contribution in [1.29, 1.82) is 0 Å². The van der Waals surface area contributed by atoms with E-state index in [0.717, 1.165) is 36.4 Å². The average Bonchev–Trinajstić information content (AvgIpc) is 3.03. The first kappa shape index (κ1) is 13.3. The van der Waals surface area contributed by atoms with Crippen LogP contribution in [-0.4, -0.2) is 38.1 Å². The fraction of sp³-hybridized carbons (Fsp3) is 0.750. The third-order valence-electron chi connectivity index (χ3n) is 3.78. The average molecular weight is 299 g/mol. The topological polar surface area (TPSA) is 75.1 Å². The Kier molecular flexibility index (Phi) is 3.77. The van der Waals surface area contributed by atoms with Crippen LogP contribution < -0.4 is 5.32 Å². The molecule has 0 saturated heterocycles. The lowest BCUT2D eigenvalue weighted by molar-refractivity contribution is -0.146. The number of hydrogen-bond donors (Lipinski definition) is 2. The van der Waals surface area contributed by atoms with Crippen molar-refractivity contribution in [3.63, 3.8) is 0 Å². The fourth-order valence-corrected chi connectivity index (χ4v) is 4.76. The van der Waals surface area contributed by atoms with Gasteiger partial charge in [-0.15, -0.1) is 10.2 Å². The van der Waals surface area contributed by atoms with E-state index in [2.05, 4.69) is 15.5 Å². The van der Waals surface area contributed by atoms with Crippen LogP contribution in [0.5, 0.6) is 0 Å². The molecule has 1 aromatic rings. The largest absolute Gasteiger partial charge is 0.480 e. The molecule has 2 saturated carbocycles. The summed E-state index contributed by atoms with van der Waals surface area (Å²) in [6.45, 7) is 0. The number of rotatable bonds is 5. The Morgan fingerprint density at radius 3 is 3.00 bits per heavy atom. The Hall–Kier alpha value is -0.660. The van der Waals surface area contributed by atoms with Gasteiger partial charge >= 0.3 is 5.97 Å². The van der Waals surface area contributed by atoms with Gasteiger partial charge in [0.25, 0.3) is 0 Å². The van der Waals surface area contributed by atoms with Crippen molar-refractivity contribution < 1.29 is 9.90 Å². The molecule has 2 unspecified atom stereocenters. The molecule has 1 aromatic heterocycles. The Morgan fingerprint density at radius 1 is 1.53 bits per heavy atom. The summed E-state index contributed by atoms with van der Waals surface area (Å²) in [5.41, 5.74) is 1.000. The van der Waals surface area contributed by atoms with Crippen molar-refractivity contribution in [2.45, 2.75) is 59.7 Å². The maximum atomic E-state index is 11.7. The molecule has 104 valence electrons. The van der Waals surface area contributed by atoms with E-state index in [9.17, 15) is 9.90 Å². The van der Waals surface area contributed by atoms with Crippen LogP contribution >= 0.6 is 23.1 Å². The van der Waals surface area contributed by atoms with Crippen molar-refractivity contribution in [2.75, 3.05) is 0 Å². The van der Waals surface area contributed by atoms with E-state index in [1.54, 1.807) is 17.3 Å². The van der Waals surface area contributed by atoms with Crippen LogP contribution in [-0.2, 0) is 4.79 Å². The quantitative estimate of drug-likeness (QED) is 0.867. The highest BCUT2D eigenvalue weighted by Crippen LogP contribution is 2.40. The Morgan fingerprint density at radius 2 is 2.37 bits per heavy atom. The van der Waals surface area contributed by atoms with Crippen LogP contribution in [0.15, 0.2) is 9.85 Å². The summed E-state index contributed by atoms with van der Waals surface area (Å²) < 4.78 is 0.942. The van der Waals surface area contributed by atoms with Gasteiger partial charge in [-0.3, -0.25) is 10.1 Å². The molecule has 2 fully saturated rings. The Bertz CT molecular complexity index is 450. The molecule has 3 rings (SSSR count). The maximum absolute atomic E-state index is 11.7. The highest BCUT2D eigenvalue weighted by atomic mass is 32.2. The number of carboxylic acid groups (broad SMARTS) is 1. The minimum Gasteiger partial charge on any atom is -0.480 e. The number of aromatic nitrogens is 2. The van der Waals surface area contributed by atoms with Crippen LogP contribution in [0.3, 0.4) is 0 Å². The van der Waals surface area contributed by atoms with E-state index in [-0.39, 0.29) is 0 Å². The zero-order valence-corrected chi connectivity index (χ0v) is 12.2. The van der Waals surface area contributed by atoms with E-state index >= 15 is 0 Å². The van der Waals surface area contributed by atoms with Crippen LogP contribution in [0.2, 0.25) is 0 Å². The molecule has 5 nitrogen and oxygen atoms in total. The number of thioether (sulfide) groups is 1. The van der Waals surface area contributed by atoms with Crippen molar-refractivity contribution in [1.82, 2.24) is 15.5 Å². The summed E-state index contributed by atoms with van der Waals surface area (Å²) >= 11 is 3.20. The minimum absolute atomic E-state index is 0.323. The smallest absolute Gasteiger partial charge is 0.323 e. The molecule has 2 aliphatic carbocycles.